The number of carbonyl (C=O) groups excluding carboxylic acids is 1. The monoisotopic (exact) mass is 243 g/mol. The summed E-state index contributed by atoms with van der Waals surface area (Å²) in [5.41, 5.74) is 0. The highest BCUT2D eigenvalue weighted by molar-refractivity contribution is 5.75. The topological polar surface area (TPSA) is 38.3 Å². The first kappa shape index (κ1) is 16.4. The minimum Gasteiger partial charge on any atom is -0.468 e. The number of hydrogen-bond donors (Lipinski definition) is 1. The van der Waals surface area contributed by atoms with Crippen molar-refractivity contribution in [1.82, 2.24) is 5.32 Å². The fourth-order valence-electron chi connectivity index (χ4n) is 2.01. The number of hydrogen-bond acceptors (Lipinski definition) is 3. The molecule has 3 atom stereocenters. The summed E-state index contributed by atoms with van der Waals surface area (Å²) in [7, 11) is 1.45. The average molecular weight is 243 g/mol. The van der Waals surface area contributed by atoms with E-state index in [1.165, 1.54) is 7.11 Å². The zero-order valence-corrected chi connectivity index (χ0v) is 12.2. The minimum absolute atomic E-state index is 0.149. The van der Waals surface area contributed by atoms with Crippen LogP contribution in [0, 0.1) is 11.8 Å². The maximum absolute atomic E-state index is 11.6. The van der Waals surface area contributed by atoms with Gasteiger partial charge < -0.3 is 10.1 Å². The number of ether oxygens (including phenoxy) is 1. The van der Waals surface area contributed by atoms with Crippen LogP contribution < -0.4 is 5.32 Å². The van der Waals surface area contributed by atoms with Gasteiger partial charge in [0.05, 0.1) is 7.11 Å². The molecule has 0 aromatic carbocycles. The van der Waals surface area contributed by atoms with Crippen molar-refractivity contribution in [2.24, 2.45) is 11.8 Å². The third-order valence-electron chi connectivity index (χ3n) is 3.37. The Morgan fingerprint density at radius 1 is 1.18 bits per heavy atom. The van der Waals surface area contributed by atoms with Crippen molar-refractivity contribution >= 4 is 5.97 Å². The highest BCUT2D eigenvalue weighted by Gasteiger charge is 2.24. The molecule has 0 radical (unpaired) electrons. The fourth-order valence-corrected chi connectivity index (χ4v) is 2.01. The van der Waals surface area contributed by atoms with E-state index in [1.807, 2.05) is 6.92 Å². The first-order valence-electron chi connectivity index (χ1n) is 6.80. The predicted molar refractivity (Wildman–Crippen MR) is 71.9 cm³/mol. The zero-order valence-electron chi connectivity index (χ0n) is 12.2. The summed E-state index contributed by atoms with van der Waals surface area (Å²) in [6.07, 6.45) is 3.00. The van der Waals surface area contributed by atoms with Crippen molar-refractivity contribution in [3.05, 3.63) is 0 Å². The molecular formula is C14H29NO2. The highest BCUT2D eigenvalue weighted by atomic mass is 16.5. The van der Waals surface area contributed by atoms with Crippen molar-refractivity contribution in [3.63, 3.8) is 0 Å². The molecule has 0 amide bonds. The SMILES string of the molecule is CCC(NC(CC(C)C)C(C)CC)C(=O)OC. The van der Waals surface area contributed by atoms with Gasteiger partial charge in [0.2, 0.25) is 0 Å². The summed E-state index contributed by atoms with van der Waals surface area (Å²) in [6.45, 7) is 10.9. The van der Waals surface area contributed by atoms with E-state index in [0.29, 0.717) is 17.9 Å². The molecular weight excluding hydrogens is 214 g/mol. The standard InChI is InChI=1S/C14H29NO2/c1-7-11(5)13(9-10(3)4)15-12(8-2)14(16)17-6/h10-13,15H,7-9H2,1-6H3. The van der Waals surface area contributed by atoms with E-state index in [1.54, 1.807) is 0 Å². The van der Waals surface area contributed by atoms with E-state index < -0.39 is 0 Å². The van der Waals surface area contributed by atoms with Gasteiger partial charge in [-0.1, -0.05) is 41.0 Å². The van der Waals surface area contributed by atoms with Gasteiger partial charge in [-0.25, -0.2) is 0 Å². The van der Waals surface area contributed by atoms with E-state index in [9.17, 15) is 4.79 Å². The average Bonchev–Trinajstić information content (AvgIpc) is 2.31. The molecule has 0 fully saturated rings. The smallest absolute Gasteiger partial charge is 0.322 e. The van der Waals surface area contributed by atoms with Crippen LogP contribution in [0.1, 0.15) is 53.9 Å². The van der Waals surface area contributed by atoms with Gasteiger partial charge in [0.25, 0.3) is 0 Å². The Bertz CT molecular complexity index is 216. The summed E-state index contributed by atoms with van der Waals surface area (Å²) in [6, 6.07) is 0.224. The van der Waals surface area contributed by atoms with Crippen LogP contribution in [0.4, 0.5) is 0 Å². The minimum atomic E-state index is -0.169. The van der Waals surface area contributed by atoms with Crippen LogP contribution in [0.2, 0.25) is 0 Å². The number of methoxy groups -OCH3 is 1. The Morgan fingerprint density at radius 2 is 1.76 bits per heavy atom. The summed E-state index contributed by atoms with van der Waals surface area (Å²) in [5.74, 6) is 1.07. The molecule has 0 aliphatic rings. The van der Waals surface area contributed by atoms with Crippen LogP contribution in [0.25, 0.3) is 0 Å². The first-order valence-corrected chi connectivity index (χ1v) is 6.80. The van der Waals surface area contributed by atoms with Gasteiger partial charge in [-0.15, -0.1) is 0 Å². The molecule has 0 saturated carbocycles. The lowest BCUT2D eigenvalue weighted by atomic mass is 9.90. The summed E-state index contributed by atoms with van der Waals surface area (Å²) in [5, 5.41) is 3.46. The van der Waals surface area contributed by atoms with E-state index in [-0.39, 0.29) is 12.0 Å². The summed E-state index contributed by atoms with van der Waals surface area (Å²) < 4.78 is 4.82. The van der Waals surface area contributed by atoms with E-state index in [4.69, 9.17) is 4.74 Å². The van der Waals surface area contributed by atoms with Crippen molar-refractivity contribution in [3.8, 4) is 0 Å². The van der Waals surface area contributed by atoms with Crippen molar-refractivity contribution < 1.29 is 9.53 Å². The van der Waals surface area contributed by atoms with Crippen LogP contribution in [-0.4, -0.2) is 25.2 Å². The van der Waals surface area contributed by atoms with Crippen molar-refractivity contribution in [2.45, 2.75) is 66.0 Å². The largest absolute Gasteiger partial charge is 0.468 e. The second-order valence-corrected chi connectivity index (χ2v) is 5.27. The Hall–Kier alpha value is -0.570. The molecule has 102 valence electrons. The third kappa shape index (κ3) is 6.06. The maximum Gasteiger partial charge on any atom is 0.322 e. The second-order valence-electron chi connectivity index (χ2n) is 5.27. The van der Waals surface area contributed by atoms with Gasteiger partial charge in [0, 0.05) is 6.04 Å². The van der Waals surface area contributed by atoms with E-state index in [2.05, 4.69) is 33.0 Å². The molecule has 0 spiro atoms. The van der Waals surface area contributed by atoms with Gasteiger partial charge in [-0.05, 0) is 24.7 Å². The molecule has 0 bridgehead atoms. The number of rotatable bonds is 8. The van der Waals surface area contributed by atoms with Gasteiger partial charge in [-0.3, -0.25) is 4.79 Å². The molecule has 1 N–H and O–H groups in total. The number of carbonyl (C=O) groups is 1. The second kappa shape index (κ2) is 8.51. The summed E-state index contributed by atoms with van der Waals surface area (Å²) in [4.78, 5) is 11.6. The molecule has 3 nitrogen and oxygen atoms in total. The fraction of sp³-hybridized carbons (Fsp3) is 0.929. The van der Waals surface area contributed by atoms with Gasteiger partial charge in [0.15, 0.2) is 0 Å². The third-order valence-corrected chi connectivity index (χ3v) is 3.37. The zero-order chi connectivity index (χ0) is 13.4. The quantitative estimate of drug-likeness (QED) is 0.666. The van der Waals surface area contributed by atoms with Crippen molar-refractivity contribution in [1.29, 1.82) is 0 Å². The maximum atomic E-state index is 11.6. The molecule has 3 heteroatoms. The number of nitrogens with one attached hydrogen (secondary N) is 1. The molecule has 0 rings (SSSR count). The van der Waals surface area contributed by atoms with Crippen LogP contribution in [0.3, 0.4) is 0 Å². The lowest BCUT2D eigenvalue weighted by Crippen LogP contribution is -2.46. The van der Waals surface area contributed by atoms with Gasteiger partial charge in [0.1, 0.15) is 6.04 Å². The molecule has 0 aliphatic heterocycles. The van der Waals surface area contributed by atoms with Crippen LogP contribution in [0.5, 0.6) is 0 Å². The Balaban J connectivity index is 4.53. The van der Waals surface area contributed by atoms with E-state index in [0.717, 1.165) is 19.3 Å². The Labute approximate surface area is 106 Å². The predicted octanol–water partition coefficient (Wildman–Crippen LogP) is 2.99. The van der Waals surface area contributed by atoms with Crippen LogP contribution in [0.15, 0.2) is 0 Å². The normalized spacial score (nSPS) is 16.6. The summed E-state index contributed by atoms with van der Waals surface area (Å²) >= 11 is 0. The molecule has 17 heavy (non-hydrogen) atoms. The van der Waals surface area contributed by atoms with E-state index >= 15 is 0 Å². The molecule has 3 unspecified atom stereocenters. The number of esters is 1. The molecule has 0 saturated heterocycles. The van der Waals surface area contributed by atoms with Crippen molar-refractivity contribution in [2.75, 3.05) is 7.11 Å². The first-order chi connectivity index (χ1) is 7.96. The molecule has 0 aliphatic carbocycles. The van der Waals surface area contributed by atoms with Gasteiger partial charge >= 0.3 is 5.97 Å². The lowest BCUT2D eigenvalue weighted by Gasteiger charge is -2.29. The van der Waals surface area contributed by atoms with Crippen LogP contribution in [-0.2, 0) is 9.53 Å². The lowest BCUT2D eigenvalue weighted by molar-refractivity contribution is -0.143. The molecule has 0 aromatic heterocycles. The molecule has 0 aromatic rings. The Kier molecular flexibility index (Phi) is 8.23. The Morgan fingerprint density at radius 3 is 2.12 bits per heavy atom. The molecule has 0 heterocycles. The van der Waals surface area contributed by atoms with Crippen LogP contribution >= 0.6 is 0 Å². The van der Waals surface area contributed by atoms with Gasteiger partial charge in [-0.2, -0.15) is 0 Å². The highest BCUT2D eigenvalue weighted by Crippen LogP contribution is 2.17.